The Kier molecular flexibility index (Phi) is 14.5. The number of hydrogen-bond donors (Lipinski definition) is 2. The van der Waals surface area contributed by atoms with Crippen molar-refractivity contribution in [1.82, 2.24) is 25.3 Å². The Labute approximate surface area is 335 Å². The Hall–Kier alpha value is -4.16. The van der Waals surface area contributed by atoms with E-state index in [4.69, 9.17) is 25.8 Å². The molecule has 2 aromatic carbocycles. The molecule has 56 heavy (non-hydrogen) atoms. The van der Waals surface area contributed by atoms with Gasteiger partial charge in [-0.15, -0.1) is 0 Å². The van der Waals surface area contributed by atoms with E-state index in [2.05, 4.69) is 59.1 Å². The number of ether oxygens (including phenoxy) is 3. The fraction of sp³-hybridized carbons (Fsp3) is 0.561. The van der Waals surface area contributed by atoms with Gasteiger partial charge in [0.15, 0.2) is 0 Å². The maximum Gasteiger partial charge on any atom is 0.411 e. The molecule has 4 atom stereocenters. The van der Waals surface area contributed by atoms with Crippen molar-refractivity contribution < 1.29 is 37.8 Å². The van der Waals surface area contributed by atoms with Crippen LogP contribution in [-0.2, 0) is 25.5 Å². The van der Waals surface area contributed by atoms with Gasteiger partial charge >= 0.3 is 12.2 Å². The van der Waals surface area contributed by atoms with Crippen LogP contribution >= 0.6 is 11.6 Å². The molecule has 0 unspecified atom stereocenters. The fourth-order valence-electron chi connectivity index (χ4n) is 6.76. The second kappa shape index (κ2) is 18.9. The summed E-state index contributed by atoms with van der Waals surface area (Å²) in [5.41, 5.74) is 2.16. The Morgan fingerprint density at radius 2 is 1.62 bits per heavy atom. The van der Waals surface area contributed by atoms with Gasteiger partial charge in [0.1, 0.15) is 17.8 Å². The van der Waals surface area contributed by atoms with Gasteiger partial charge in [0, 0.05) is 64.4 Å². The molecule has 2 aromatic rings. The summed E-state index contributed by atoms with van der Waals surface area (Å²) < 4.78 is 31.0. The van der Waals surface area contributed by atoms with E-state index in [1.807, 2.05) is 12.1 Å². The summed E-state index contributed by atoms with van der Waals surface area (Å²) in [4.78, 5) is 58.0. The van der Waals surface area contributed by atoms with E-state index in [1.165, 1.54) is 10.5 Å². The molecule has 0 aliphatic carbocycles. The minimum absolute atomic E-state index is 0.0633. The lowest BCUT2D eigenvalue weighted by Gasteiger charge is -2.28. The molecule has 5 rings (SSSR count). The summed E-state index contributed by atoms with van der Waals surface area (Å²) in [5.74, 6) is 5.31. The summed E-state index contributed by atoms with van der Waals surface area (Å²) in [6.07, 6.45) is -2.55. The standard InChI is InChI=1S/C41H55ClFN5O7Si/c1-41(2,3)55-40(52)48-26-31(43)22-36(48)38(50)45-32-23-33(47(27-32)39(51)54-19-20-56(4,5)6)24-44-37(49)34-14-13-29(21-35(34)42)10-7-28-8-11-30(12-9-28)25-46-15-17-53-18-16-46/h8-9,11-14,21,31-33,36H,15-20,22-27H2,1-6H3,(H,44,49)(H,45,50)/t31-,32+,33+,36-/m0/s1. The number of benzene rings is 2. The van der Waals surface area contributed by atoms with Crippen LogP contribution in [0.3, 0.4) is 0 Å². The average molecular weight is 812 g/mol. The highest BCUT2D eigenvalue weighted by Crippen LogP contribution is 2.26. The molecule has 0 bridgehead atoms. The van der Waals surface area contributed by atoms with Gasteiger partial charge in [-0.1, -0.05) is 55.2 Å². The van der Waals surface area contributed by atoms with Gasteiger partial charge in [-0.3, -0.25) is 19.4 Å². The number of nitrogens with zero attached hydrogens (tertiary/aromatic N) is 3. The second-order valence-electron chi connectivity index (χ2n) is 16.9. The molecule has 2 N–H and O–H groups in total. The molecule has 3 heterocycles. The maximum absolute atomic E-state index is 14.5. The first-order valence-corrected chi connectivity index (χ1v) is 23.4. The summed E-state index contributed by atoms with van der Waals surface area (Å²) in [6, 6.07) is 11.8. The van der Waals surface area contributed by atoms with Gasteiger partial charge < -0.3 is 29.7 Å². The van der Waals surface area contributed by atoms with Gasteiger partial charge in [-0.05, 0) is 69.1 Å². The Bertz CT molecular complexity index is 1790. The van der Waals surface area contributed by atoms with E-state index in [0.29, 0.717) is 12.0 Å². The van der Waals surface area contributed by atoms with Crippen molar-refractivity contribution in [3.8, 4) is 11.8 Å². The summed E-state index contributed by atoms with van der Waals surface area (Å²) >= 11 is 6.58. The molecular formula is C41H55ClFN5O7Si. The normalized spacial score (nSPS) is 21.6. The van der Waals surface area contributed by atoms with Crippen LogP contribution < -0.4 is 10.6 Å². The predicted octanol–water partition coefficient (Wildman–Crippen LogP) is 5.68. The minimum Gasteiger partial charge on any atom is -0.450 e. The van der Waals surface area contributed by atoms with E-state index >= 15 is 0 Å². The lowest BCUT2D eigenvalue weighted by atomic mass is 10.1. The van der Waals surface area contributed by atoms with Gasteiger partial charge in [0.25, 0.3) is 5.91 Å². The zero-order valence-corrected chi connectivity index (χ0v) is 35.0. The molecule has 3 fully saturated rings. The third-order valence-electron chi connectivity index (χ3n) is 9.78. The monoisotopic (exact) mass is 811 g/mol. The van der Waals surface area contributed by atoms with Crippen LogP contribution in [0, 0.1) is 11.8 Å². The zero-order valence-electron chi connectivity index (χ0n) is 33.3. The number of amides is 4. The highest BCUT2D eigenvalue weighted by Gasteiger charge is 2.44. The quantitative estimate of drug-likeness (QED) is 0.232. The Morgan fingerprint density at radius 1 is 0.946 bits per heavy atom. The van der Waals surface area contributed by atoms with Crippen LogP contribution in [-0.4, -0.2) is 129 Å². The van der Waals surface area contributed by atoms with E-state index in [-0.39, 0.29) is 43.2 Å². The van der Waals surface area contributed by atoms with Crippen molar-refractivity contribution in [2.45, 2.75) is 95.7 Å². The summed E-state index contributed by atoms with van der Waals surface area (Å²) in [6.45, 7) is 16.1. The third-order valence-corrected chi connectivity index (χ3v) is 11.8. The largest absolute Gasteiger partial charge is 0.450 e. The summed E-state index contributed by atoms with van der Waals surface area (Å²) in [5, 5.41) is 6.03. The molecule has 0 aromatic heterocycles. The van der Waals surface area contributed by atoms with E-state index in [9.17, 15) is 23.6 Å². The van der Waals surface area contributed by atoms with E-state index in [0.717, 1.165) is 49.4 Å². The van der Waals surface area contributed by atoms with Crippen molar-refractivity contribution >= 4 is 43.7 Å². The van der Waals surface area contributed by atoms with Crippen LogP contribution in [0.15, 0.2) is 42.5 Å². The lowest BCUT2D eigenvalue weighted by Crippen LogP contribution is -2.50. The average Bonchev–Trinajstić information content (AvgIpc) is 3.72. The number of likely N-dealkylation sites (tertiary alicyclic amines) is 2. The lowest BCUT2D eigenvalue weighted by molar-refractivity contribution is -0.126. The highest BCUT2D eigenvalue weighted by atomic mass is 35.5. The smallest absolute Gasteiger partial charge is 0.411 e. The molecule has 0 spiro atoms. The number of carbonyl (C=O) groups excluding carboxylic acids is 4. The van der Waals surface area contributed by atoms with Crippen LogP contribution in [0.1, 0.15) is 60.7 Å². The van der Waals surface area contributed by atoms with Crippen LogP contribution in [0.2, 0.25) is 30.7 Å². The number of carbonyl (C=O) groups is 4. The summed E-state index contributed by atoms with van der Waals surface area (Å²) in [7, 11) is -1.49. The molecule has 15 heteroatoms. The van der Waals surface area contributed by atoms with Gasteiger partial charge in [0.2, 0.25) is 5.91 Å². The first-order chi connectivity index (χ1) is 26.4. The molecule has 3 aliphatic rings. The number of nitrogens with one attached hydrogen (secondary N) is 2. The first kappa shape index (κ1) is 43.0. The Morgan fingerprint density at radius 3 is 2.29 bits per heavy atom. The fourth-order valence-corrected chi connectivity index (χ4v) is 7.74. The molecule has 3 aliphatic heterocycles. The van der Waals surface area contributed by atoms with Crippen molar-refractivity contribution in [2.24, 2.45) is 0 Å². The molecule has 304 valence electrons. The zero-order chi connectivity index (χ0) is 40.6. The first-order valence-electron chi connectivity index (χ1n) is 19.3. The van der Waals surface area contributed by atoms with Gasteiger partial charge in [0.05, 0.1) is 43.0 Å². The third kappa shape index (κ3) is 12.7. The number of alkyl halides is 1. The highest BCUT2D eigenvalue weighted by molar-refractivity contribution is 6.76. The molecule has 3 saturated heterocycles. The van der Waals surface area contributed by atoms with Crippen LogP contribution in [0.5, 0.6) is 0 Å². The molecule has 4 amide bonds. The number of halogens is 2. The topological polar surface area (TPSA) is 130 Å². The van der Waals surface area contributed by atoms with Crippen molar-refractivity contribution in [2.75, 3.05) is 52.5 Å². The second-order valence-corrected chi connectivity index (χ2v) is 22.9. The SMILES string of the molecule is CC(C)(C)OC(=O)N1C[C@@H](F)C[C@H]1C(=O)N[C@@H]1C[C@H](CNC(=O)c2ccc(C#Cc3ccc(CN4CCOCC4)cc3)cc2Cl)N(C(=O)OCC[Si](C)(C)C)C1. The predicted molar refractivity (Wildman–Crippen MR) is 215 cm³/mol. The van der Waals surface area contributed by atoms with Crippen LogP contribution in [0.25, 0.3) is 0 Å². The van der Waals surface area contributed by atoms with Gasteiger partial charge in [-0.25, -0.2) is 14.0 Å². The van der Waals surface area contributed by atoms with E-state index < -0.39 is 62.0 Å². The minimum atomic E-state index is -1.49. The number of hydrogen-bond acceptors (Lipinski definition) is 8. The van der Waals surface area contributed by atoms with Gasteiger partial charge in [-0.2, -0.15) is 0 Å². The number of morpholine rings is 1. The van der Waals surface area contributed by atoms with Crippen molar-refractivity contribution in [3.63, 3.8) is 0 Å². The Balaban J connectivity index is 1.20. The van der Waals surface area contributed by atoms with E-state index in [1.54, 1.807) is 39.0 Å². The van der Waals surface area contributed by atoms with Crippen molar-refractivity contribution in [1.29, 1.82) is 0 Å². The van der Waals surface area contributed by atoms with Crippen molar-refractivity contribution in [3.05, 3.63) is 69.7 Å². The molecule has 0 radical (unpaired) electrons. The van der Waals surface area contributed by atoms with Crippen LogP contribution in [0.4, 0.5) is 14.0 Å². The molecule has 12 nitrogen and oxygen atoms in total. The molecule has 0 saturated carbocycles. The maximum atomic E-state index is 14.5. The molecular weight excluding hydrogens is 757 g/mol. The number of rotatable bonds is 10.